The molecule has 2 heterocycles. The summed E-state index contributed by atoms with van der Waals surface area (Å²) in [6, 6.07) is 13.0. The number of carbonyl (C=O) groups excluding carboxylic acids is 1. The van der Waals surface area contributed by atoms with E-state index < -0.39 is 0 Å². The number of aromatic nitrogens is 1. The average molecular weight is 433 g/mol. The van der Waals surface area contributed by atoms with Crippen LogP contribution in [-0.4, -0.2) is 53.3 Å². The molecule has 1 fully saturated rings. The van der Waals surface area contributed by atoms with Gasteiger partial charge in [0.05, 0.1) is 35.5 Å². The van der Waals surface area contributed by atoms with Crippen molar-refractivity contribution >= 4 is 39.1 Å². The highest BCUT2D eigenvalue weighted by molar-refractivity contribution is 7.20. The average Bonchev–Trinajstić information content (AvgIpc) is 3.14. The maximum atomic E-state index is 12.8. The largest absolute Gasteiger partial charge is 0.431 e. The lowest BCUT2D eigenvalue weighted by molar-refractivity contribution is -0.141. The lowest BCUT2D eigenvalue weighted by Crippen LogP contribution is -2.48. The Labute approximate surface area is 177 Å². The molecule has 1 aromatic heterocycles. The number of thiazole rings is 1. The van der Waals surface area contributed by atoms with Crippen molar-refractivity contribution in [3.05, 3.63) is 53.1 Å². The summed E-state index contributed by atoms with van der Waals surface area (Å²) in [6.07, 6.45) is -0.306. The number of fused-ring (bicyclic) bond motifs is 1. The Hall–Kier alpha value is -2.19. The Morgan fingerprint density at radius 1 is 1.38 bits per heavy atom. The summed E-state index contributed by atoms with van der Waals surface area (Å²) in [5.74, 6) is 0.403. The van der Waals surface area contributed by atoms with Gasteiger partial charge in [-0.2, -0.15) is 0 Å². The van der Waals surface area contributed by atoms with Crippen molar-refractivity contribution < 1.29 is 19.4 Å². The minimum absolute atomic E-state index is 0.0310. The number of morpholine rings is 1. The molecule has 4 rings (SSSR count). The smallest absolute Gasteiger partial charge is 0.279 e. The standard InChI is InChI=1S/C21H21ClN2O4S/c1-13(20(26)24-8-9-27-17(11-24)12-25)14-2-5-16(6-3-14)28-21-23-18-7-4-15(22)10-19(18)29-21/h2-7,10,13,17,25H,8-9,11-12H2,1H3. The predicted molar refractivity (Wildman–Crippen MR) is 113 cm³/mol. The van der Waals surface area contributed by atoms with E-state index in [0.29, 0.717) is 35.7 Å². The van der Waals surface area contributed by atoms with Gasteiger partial charge < -0.3 is 19.5 Å². The first kappa shape index (κ1) is 20.1. The van der Waals surface area contributed by atoms with Crippen molar-refractivity contribution in [3.63, 3.8) is 0 Å². The molecule has 3 aromatic rings. The molecule has 29 heavy (non-hydrogen) atoms. The van der Waals surface area contributed by atoms with Crippen LogP contribution in [0.4, 0.5) is 0 Å². The van der Waals surface area contributed by atoms with Crippen LogP contribution in [0.15, 0.2) is 42.5 Å². The summed E-state index contributed by atoms with van der Waals surface area (Å²) >= 11 is 7.45. The second-order valence-corrected chi connectivity index (χ2v) is 8.37. The molecule has 152 valence electrons. The number of hydrogen-bond acceptors (Lipinski definition) is 6. The maximum Gasteiger partial charge on any atom is 0.279 e. The first-order valence-corrected chi connectivity index (χ1v) is 10.6. The number of halogens is 1. The highest BCUT2D eigenvalue weighted by Crippen LogP contribution is 2.33. The molecule has 2 unspecified atom stereocenters. The van der Waals surface area contributed by atoms with Gasteiger partial charge in [0.1, 0.15) is 5.75 Å². The Balaban J connectivity index is 1.43. The van der Waals surface area contributed by atoms with E-state index in [0.717, 1.165) is 15.8 Å². The van der Waals surface area contributed by atoms with E-state index in [1.165, 1.54) is 11.3 Å². The zero-order chi connectivity index (χ0) is 20.4. The van der Waals surface area contributed by atoms with E-state index in [-0.39, 0.29) is 24.5 Å². The van der Waals surface area contributed by atoms with Gasteiger partial charge in [0.2, 0.25) is 5.91 Å². The number of rotatable bonds is 5. The Kier molecular flexibility index (Phi) is 6.01. The molecule has 1 aliphatic rings. The van der Waals surface area contributed by atoms with Crippen molar-refractivity contribution in [2.24, 2.45) is 0 Å². The Morgan fingerprint density at radius 2 is 2.17 bits per heavy atom. The first-order chi connectivity index (χ1) is 14.0. The highest BCUT2D eigenvalue weighted by atomic mass is 35.5. The summed E-state index contributed by atoms with van der Waals surface area (Å²) in [5.41, 5.74) is 1.75. The van der Waals surface area contributed by atoms with Gasteiger partial charge in [0.25, 0.3) is 5.19 Å². The molecular weight excluding hydrogens is 412 g/mol. The summed E-state index contributed by atoms with van der Waals surface area (Å²) in [7, 11) is 0. The SMILES string of the molecule is CC(C(=O)N1CCOC(CO)C1)c1ccc(Oc2nc3ccc(Cl)cc3s2)cc1. The molecule has 1 amide bonds. The monoisotopic (exact) mass is 432 g/mol. The zero-order valence-electron chi connectivity index (χ0n) is 15.9. The minimum Gasteiger partial charge on any atom is -0.431 e. The van der Waals surface area contributed by atoms with Gasteiger partial charge in [-0.05, 0) is 42.8 Å². The van der Waals surface area contributed by atoms with Gasteiger partial charge in [0, 0.05) is 18.1 Å². The number of benzene rings is 2. The van der Waals surface area contributed by atoms with Crippen molar-refractivity contribution in [2.45, 2.75) is 18.9 Å². The summed E-state index contributed by atoms with van der Waals surface area (Å²) in [5, 5.41) is 10.5. The minimum atomic E-state index is -0.306. The van der Waals surface area contributed by atoms with Crippen LogP contribution >= 0.6 is 22.9 Å². The fourth-order valence-corrected chi connectivity index (χ4v) is 4.40. The fraction of sp³-hybridized carbons (Fsp3) is 0.333. The van der Waals surface area contributed by atoms with E-state index in [4.69, 9.17) is 21.1 Å². The summed E-state index contributed by atoms with van der Waals surface area (Å²) < 4.78 is 12.3. The molecule has 6 nitrogen and oxygen atoms in total. The topological polar surface area (TPSA) is 71.9 Å². The maximum absolute atomic E-state index is 12.8. The zero-order valence-corrected chi connectivity index (χ0v) is 17.4. The molecule has 1 N–H and O–H groups in total. The number of amides is 1. The molecule has 1 aliphatic heterocycles. The molecule has 0 saturated carbocycles. The summed E-state index contributed by atoms with van der Waals surface area (Å²) in [4.78, 5) is 19.0. The number of nitrogens with zero attached hydrogens (tertiary/aromatic N) is 2. The van der Waals surface area contributed by atoms with Crippen LogP contribution in [0.25, 0.3) is 10.2 Å². The van der Waals surface area contributed by atoms with E-state index in [9.17, 15) is 9.90 Å². The van der Waals surface area contributed by atoms with Crippen molar-refractivity contribution in [1.82, 2.24) is 9.88 Å². The normalized spacial score (nSPS) is 18.0. The molecule has 2 aromatic carbocycles. The summed E-state index contributed by atoms with van der Waals surface area (Å²) in [6.45, 7) is 3.22. The molecule has 0 bridgehead atoms. The van der Waals surface area contributed by atoms with Crippen LogP contribution in [0.1, 0.15) is 18.4 Å². The van der Waals surface area contributed by atoms with Crippen LogP contribution in [0.5, 0.6) is 10.9 Å². The van der Waals surface area contributed by atoms with E-state index >= 15 is 0 Å². The van der Waals surface area contributed by atoms with Crippen LogP contribution in [0.3, 0.4) is 0 Å². The lowest BCUT2D eigenvalue weighted by Gasteiger charge is -2.33. The molecule has 8 heteroatoms. The Bertz CT molecular complexity index is 1010. The van der Waals surface area contributed by atoms with E-state index in [1.807, 2.05) is 43.3 Å². The molecule has 2 atom stereocenters. The van der Waals surface area contributed by atoms with Crippen molar-refractivity contribution in [2.75, 3.05) is 26.3 Å². The Morgan fingerprint density at radius 3 is 2.93 bits per heavy atom. The molecule has 0 aliphatic carbocycles. The van der Waals surface area contributed by atoms with Gasteiger partial charge in [-0.3, -0.25) is 4.79 Å². The van der Waals surface area contributed by atoms with Crippen molar-refractivity contribution in [1.29, 1.82) is 0 Å². The number of aliphatic hydroxyl groups excluding tert-OH is 1. The van der Waals surface area contributed by atoms with Gasteiger partial charge >= 0.3 is 0 Å². The van der Waals surface area contributed by atoms with E-state index in [1.54, 1.807) is 11.0 Å². The fourth-order valence-electron chi connectivity index (χ4n) is 3.29. The predicted octanol–water partition coefficient (Wildman–Crippen LogP) is 4.07. The van der Waals surface area contributed by atoms with Crippen LogP contribution in [-0.2, 0) is 9.53 Å². The molecular formula is C21H21ClN2O4S. The van der Waals surface area contributed by atoms with Gasteiger partial charge in [-0.1, -0.05) is 35.1 Å². The van der Waals surface area contributed by atoms with Crippen LogP contribution in [0, 0.1) is 0 Å². The second-order valence-electron chi connectivity index (χ2n) is 6.94. The van der Waals surface area contributed by atoms with Gasteiger partial charge in [0.15, 0.2) is 0 Å². The molecule has 0 radical (unpaired) electrons. The first-order valence-electron chi connectivity index (χ1n) is 9.38. The highest BCUT2D eigenvalue weighted by Gasteiger charge is 2.27. The number of aliphatic hydroxyl groups is 1. The number of hydrogen-bond donors (Lipinski definition) is 1. The molecule has 0 spiro atoms. The number of ether oxygens (including phenoxy) is 2. The van der Waals surface area contributed by atoms with Crippen molar-refractivity contribution in [3.8, 4) is 10.9 Å². The molecule has 1 saturated heterocycles. The lowest BCUT2D eigenvalue weighted by atomic mass is 9.99. The third-order valence-electron chi connectivity index (χ3n) is 4.94. The van der Waals surface area contributed by atoms with Crippen LogP contribution < -0.4 is 4.74 Å². The quantitative estimate of drug-likeness (QED) is 0.658. The van der Waals surface area contributed by atoms with Gasteiger partial charge in [-0.25, -0.2) is 4.98 Å². The third-order valence-corrected chi connectivity index (χ3v) is 6.07. The van der Waals surface area contributed by atoms with E-state index in [2.05, 4.69) is 4.98 Å². The third kappa shape index (κ3) is 4.53. The second kappa shape index (κ2) is 8.67. The van der Waals surface area contributed by atoms with Crippen LogP contribution in [0.2, 0.25) is 5.02 Å². The number of carbonyl (C=O) groups is 1. The van der Waals surface area contributed by atoms with Gasteiger partial charge in [-0.15, -0.1) is 0 Å².